The lowest BCUT2D eigenvalue weighted by molar-refractivity contribution is 0.253. The molecular formula is C13H15NO2. The van der Waals surface area contributed by atoms with Crippen LogP contribution in [0.25, 0.3) is 0 Å². The highest BCUT2D eigenvalue weighted by Gasteiger charge is 2.23. The summed E-state index contributed by atoms with van der Waals surface area (Å²) in [4.78, 5) is 0. The largest absolute Gasteiger partial charge is 0.458 e. The molecule has 84 valence electrons. The quantitative estimate of drug-likeness (QED) is 0.783. The molecule has 0 aliphatic carbocycles. The molecule has 3 rings (SSSR count). The molecule has 0 saturated carbocycles. The van der Waals surface area contributed by atoms with E-state index in [1.54, 1.807) is 6.26 Å². The van der Waals surface area contributed by atoms with Gasteiger partial charge in [0.1, 0.15) is 12.0 Å². The van der Waals surface area contributed by atoms with Gasteiger partial charge in [-0.1, -0.05) is 12.1 Å². The number of piperidine rings is 1. The van der Waals surface area contributed by atoms with Crippen molar-refractivity contribution in [3.63, 3.8) is 0 Å². The van der Waals surface area contributed by atoms with E-state index in [2.05, 4.69) is 5.32 Å². The zero-order chi connectivity index (χ0) is 10.8. The van der Waals surface area contributed by atoms with Crippen LogP contribution < -0.4 is 14.8 Å². The molecule has 1 saturated heterocycles. The molecule has 0 radical (unpaired) electrons. The number of para-hydroxylation sites is 2. The Hall–Kier alpha value is -1.48. The van der Waals surface area contributed by atoms with Gasteiger partial charge in [0.05, 0.1) is 0 Å². The fourth-order valence-electron chi connectivity index (χ4n) is 2.18. The van der Waals surface area contributed by atoms with E-state index in [9.17, 15) is 0 Å². The first-order valence-electron chi connectivity index (χ1n) is 5.78. The Morgan fingerprint density at radius 2 is 2.06 bits per heavy atom. The summed E-state index contributed by atoms with van der Waals surface area (Å²) in [6, 6.07) is 7.77. The molecule has 2 aliphatic rings. The summed E-state index contributed by atoms with van der Waals surface area (Å²) < 4.78 is 11.4. The van der Waals surface area contributed by atoms with Crippen molar-refractivity contribution in [2.75, 3.05) is 13.1 Å². The van der Waals surface area contributed by atoms with Gasteiger partial charge in [-0.3, -0.25) is 0 Å². The zero-order valence-electron chi connectivity index (χ0n) is 9.11. The minimum Gasteiger partial charge on any atom is -0.458 e. The topological polar surface area (TPSA) is 30.5 Å². The Balaban J connectivity index is 1.77. The minimum absolute atomic E-state index is 0.446. The first-order valence-corrected chi connectivity index (χ1v) is 5.78. The molecule has 16 heavy (non-hydrogen) atoms. The van der Waals surface area contributed by atoms with Crippen molar-refractivity contribution < 1.29 is 9.47 Å². The van der Waals surface area contributed by atoms with Crippen molar-refractivity contribution in [1.29, 1.82) is 0 Å². The highest BCUT2D eigenvalue weighted by molar-refractivity contribution is 5.42. The van der Waals surface area contributed by atoms with Crippen molar-refractivity contribution in [1.82, 2.24) is 5.32 Å². The van der Waals surface area contributed by atoms with Crippen LogP contribution in [0.5, 0.6) is 11.5 Å². The predicted molar refractivity (Wildman–Crippen MR) is 61.4 cm³/mol. The van der Waals surface area contributed by atoms with Crippen LogP contribution in [-0.2, 0) is 0 Å². The fraction of sp³-hybridized carbons (Fsp3) is 0.385. The normalized spacial score (nSPS) is 23.8. The van der Waals surface area contributed by atoms with Gasteiger partial charge in [-0.25, -0.2) is 0 Å². The molecular weight excluding hydrogens is 202 g/mol. The molecule has 1 N–H and O–H groups in total. The van der Waals surface area contributed by atoms with Crippen molar-refractivity contribution in [3.05, 3.63) is 36.3 Å². The molecule has 2 aliphatic heterocycles. The van der Waals surface area contributed by atoms with E-state index < -0.39 is 0 Å². The SMILES string of the molecule is C1=C(C2CCCNC2)Oc2ccccc2O1. The molecule has 2 heterocycles. The van der Waals surface area contributed by atoms with E-state index in [0.717, 1.165) is 30.3 Å². The Morgan fingerprint density at radius 3 is 2.88 bits per heavy atom. The van der Waals surface area contributed by atoms with Crippen LogP contribution in [-0.4, -0.2) is 13.1 Å². The highest BCUT2D eigenvalue weighted by Crippen LogP contribution is 2.34. The van der Waals surface area contributed by atoms with E-state index in [1.807, 2.05) is 24.3 Å². The Morgan fingerprint density at radius 1 is 1.19 bits per heavy atom. The molecule has 1 aromatic carbocycles. The summed E-state index contributed by atoms with van der Waals surface area (Å²) in [7, 11) is 0. The molecule has 3 heteroatoms. The summed E-state index contributed by atoms with van der Waals surface area (Å²) in [5.74, 6) is 3.02. The fourth-order valence-corrected chi connectivity index (χ4v) is 2.18. The molecule has 1 aromatic rings. The average molecular weight is 217 g/mol. The third-order valence-corrected chi connectivity index (χ3v) is 3.08. The second-order valence-electron chi connectivity index (χ2n) is 4.23. The van der Waals surface area contributed by atoms with Crippen LogP contribution >= 0.6 is 0 Å². The first-order chi connectivity index (χ1) is 7.93. The maximum atomic E-state index is 5.87. The summed E-state index contributed by atoms with van der Waals surface area (Å²) in [6.07, 6.45) is 4.12. The lowest BCUT2D eigenvalue weighted by atomic mass is 9.98. The van der Waals surface area contributed by atoms with E-state index in [-0.39, 0.29) is 0 Å². The van der Waals surface area contributed by atoms with E-state index >= 15 is 0 Å². The number of benzene rings is 1. The molecule has 0 bridgehead atoms. The van der Waals surface area contributed by atoms with Crippen molar-refractivity contribution in [2.24, 2.45) is 5.92 Å². The summed E-state index contributed by atoms with van der Waals surface area (Å²) >= 11 is 0. The van der Waals surface area contributed by atoms with E-state index in [0.29, 0.717) is 5.92 Å². The van der Waals surface area contributed by atoms with Gasteiger partial charge in [0.15, 0.2) is 11.5 Å². The number of hydrogen-bond acceptors (Lipinski definition) is 3. The lowest BCUT2D eigenvalue weighted by Gasteiger charge is -2.27. The first kappa shape index (κ1) is 9.73. The van der Waals surface area contributed by atoms with Crippen LogP contribution in [0.3, 0.4) is 0 Å². The molecule has 0 aromatic heterocycles. The maximum absolute atomic E-state index is 5.87. The summed E-state index contributed by atoms with van der Waals surface area (Å²) in [6.45, 7) is 2.10. The zero-order valence-corrected chi connectivity index (χ0v) is 9.11. The van der Waals surface area contributed by atoms with Gasteiger partial charge in [-0.15, -0.1) is 0 Å². The monoisotopic (exact) mass is 217 g/mol. The van der Waals surface area contributed by atoms with Gasteiger partial charge in [0.25, 0.3) is 0 Å². The van der Waals surface area contributed by atoms with Crippen LogP contribution in [0, 0.1) is 5.92 Å². The second-order valence-corrected chi connectivity index (χ2v) is 4.23. The Labute approximate surface area is 95.1 Å². The highest BCUT2D eigenvalue weighted by atomic mass is 16.6. The van der Waals surface area contributed by atoms with Crippen LogP contribution in [0.1, 0.15) is 12.8 Å². The molecule has 1 fully saturated rings. The minimum atomic E-state index is 0.446. The molecule has 1 unspecified atom stereocenters. The number of nitrogens with one attached hydrogen (secondary N) is 1. The van der Waals surface area contributed by atoms with E-state index in [4.69, 9.17) is 9.47 Å². The molecule has 3 nitrogen and oxygen atoms in total. The smallest absolute Gasteiger partial charge is 0.169 e. The van der Waals surface area contributed by atoms with Crippen LogP contribution in [0.4, 0.5) is 0 Å². The molecule has 0 spiro atoms. The van der Waals surface area contributed by atoms with Crippen molar-refractivity contribution >= 4 is 0 Å². The second kappa shape index (κ2) is 4.18. The average Bonchev–Trinajstić information content (AvgIpc) is 2.39. The molecule has 0 amide bonds. The van der Waals surface area contributed by atoms with Gasteiger partial charge in [0, 0.05) is 12.5 Å². The van der Waals surface area contributed by atoms with Gasteiger partial charge in [-0.2, -0.15) is 0 Å². The van der Waals surface area contributed by atoms with Crippen LogP contribution in [0.2, 0.25) is 0 Å². The summed E-state index contributed by atoms with van der Waals surface area (Å²) in [5, 5.41) is 3.38. The van der Waals surface area contributed by atoms with Gasteiger partial charge >= 0.3 is 0 Å². The van der Waals surface area contributed by atoms with Crippen LogP contribution in [0.15, 0.2) is 36.3 Å². The van der Waals surface area contributed by atoms with Gasteiger partial charge in [-0.05, 0) is 31.5 Å². The number of fused-ring (bicyclic) bond motifs is 1. The Kier molecular flexibility index (Phi) is 2.54. The third-order valence-electron chi connectivity index (χ3n) is 3.08. The van der Waals surface area contributed by atoms with Crippen molar-refractivity contribution in [3.8, 4) is 11.5 Å². The lowest BCUT2D eigenvalue weighted by Crippen LogP contribution is -2.32. The standard InChI is InChI=1S/C13H15NO2/c1-2-6-12-11(5-1)15-9-13(16-12)10-4-3-7-14-8-10/h1-2,5-6,9-10,14H,3-4,7-8H2. The number of ether oxygens (including phenoxy) is 2. The number of rotatable bonds is 1. The summed E-state index contributed by atoms with van der Waals surface area (Å²) in [5.41, 5.74) is 0. The molecule has 1 atom stereocenters. The Bertz CT molecular complexity index is 408. The maximum Gasteiger partial charge on any atom is 0.169 e. The van der Waals surface area contributed by atoms with Crippen molar-refractivity contribution in [2.45, 2.75) is 12.8 Å². The predicted octanol–water partition coefficient (Wildman–Crippen LogP) is 2.30. The number of hydrogen-bond donors (Lipinski definition) is 1. The van der Waals surface area contributed by atoms with Gasteiger partial charge < -0.3 is 14.8 Å². The third kappa shape index (κ3) is 1.78. The van der Waals surface area contributed by atoms with E-state index in [1.165, 1.54) is 12.8 Å². The van der Waals surface area contributed by atoms with Gasteiger partial charge in [0.2, 0.25) is 0 Å².